The number of aliphatic hydroxyl groups is 4. The summed E-state index contributed by atoms with van der Waals surface area (Å²) < 4.78 is 46.1. The van der Waals surface area contributed by atoms with Gasteiger partial charge in [-0.3, -0.25) is 14.6 Å². The monoisotopic (exact) mass is 1220 g/mol. The summed E-state index contributed by atoms with van der Waals surface area (Å²) in [6, 6.07) is 27.6. The number of carbonyl (C=O) groups is 2. The third-order valence-corrected chi connectivity index (χ3v) is 18.1. The number of methoxy groups -OCH3 is 2. The Kier molecular flexibility index (Phi) is 22.5. The second-order valence-corrected chi connectivity index (χ2v) is 25.6. The van der Waals surface area contributed by atoms with Crippen LogP contribution < -0.4 is 10.7 Å². The van der Waals surface area contributed by atoms with Gasteiger partial charge in [0, 0.05) is 71.9 Å². The molecular weight excluding hydrogens is 1130 g/mol. The van der Waals surface area contributed by atoms with Crippen molar-refractivity contribution in [3.63, 3.8) is 0 Å². The van der Waals surface area contributed by atoms with Gasteiger partial charge in [0.1, 0.15) is 29.7 Å². The number of ketones is 1. The lowest BCUT2D eigenvalue weighted by atomic mass is 9.74. The van der Waals surface area contributed by atoms with Crippen LogP contribution >= 0.6 is 23.2 Å². The molecule has 3 saturated heterocycles. The fourth-order valence-electron chi connectivity index (χ4n) is 12.5. The molecule has 0 aromatic heterocycles. The van der Waals surface area contributed by atoms with Gasteiger partial charge in [-0.2, -0.15) is 0 Å². The molecule has 1 aliphatic carbocycles. The maximum Gasteiger partial charge on any atom is 0.311 e. The van der Waals surface area contributed by atoms with Crippen LogP contribution in [0.3, 0.4) is 0 Å². The molecule has 3 aromatic carbocycles. The van der Waals surface area contributed by atoms with Gasteiger partial charge in [-0.05, 0) is 162 Å². The lowest BCUT2D eigenvalue weighted by Gasteiger charge is -2.50. The largest absolute Gasteiger partial charge is 0.459 e. The van der Waals surface area contributed by atoms with Crippen LogP contribution in [0.15, 0.2) is 89.9 Å². The first-order valence-corrected chi connectivity index (χ1v) is 30.4. The van der Waals surface area contributed by atoms with E-state index in [-0.39, 0.29) is 43.2 Å². The highest BCUT2D eigenvalue weighted by molar-refractivity contribution is 6.30. The minimum Gasteiger partial charge on any atom is -0.459 e. The molecule has 0 amide bonds. The molecule has 18 atom stereocenters. The molecule has 4 aliphatic heterocycles. The van der Waals surface area contributed by atoms with Crippen LogP contribution in [0.25, 0.3) is 28.1 Å². The minimum absolute atomic E-state index is 0.111. The zero-order valence-electron chi connectivity index (χ0n) is 52.2. The smallest absolute Gasteiger partial charge is 0.311 e. The number of rotatable bonds is 12. The molecule has 3 aromatic rings. The predicted octanol–water partition coefficient (Wildman–Crippen LogP) is 9.93. The van der Waals surface area contributed by atoms with E-state index in [1.54, 1.807) is 48.5 Å². The number of para-hydroxylation sites is 2. The molecule has 20 heteroatoms. The number of hydrogen-bond acceptors (Lipinski definition) is 17. The maximum atomic E-state index is 14.2. The van der Waals surface area contributed by atoms with E-state index in [4.69, 9.17) is 66.3 Å². The van der Waals surface area contributed by atoms with Crippen LogP contribution in [-0.2, 0) is 42.7 Å². The van der Waals surface area contributed by atoms with Crippen molar-refractivity contribution in [1.82, 2.24) is 14.5 Å². The number of aliphatic hydroxyl groups excluding tert-OH is 3. The number of benzene rings is 4. The minimum atomic E-state index is -1.96. The summed E-state index contributed by atoms with van der Waals surface area (Å²) in [6.45, 7) is 21.2. The van der Waals surface area contributed by atoms with E-state index in [2.05, 4.69) is 41.9 Å². The fraction of sp³-hybridized carbons (Fsp3) is 0.600. The Morgan fingerprint density at radius 3 is 2.05 bits per heavy atom. The van der Waals surface area contributed by atoms with Crippen molar-refractivity contribution in [2.45, 2.75) is 199 Å². The molecule has 5 aliphatic rings. The van der Waals surface area contributed by atoms with Gasteiger partial charge in [0.05, 0.1) is 81.1 Å². The van der Waals surface area contributed by atoms with Crippen molar-refractivity contribution < 1.29 is 63.2 Å². The Bertz CT molecular complexity index is 3070. The summed E-state index contributed by atoms with van der Waals surface area (Å²) in [5.41, 5.74) is 2.35. The first kappa shape index (κ1) is 67.9. The highest BCUT2D eigenvalue weighted by Crippen LogP contribution is 2.42. The van der Waals surface area contributed by atoms with E-state index in [0.29, 0.717) is 16.5 Å². The third kappa shape index (κ3) is 15.3. The van der Waals surface area contributed by atoms with Gasteiger partial charge >= 0.3 is 5.97 Å². The number of aromatic nitrogens is 2. The standard InChI is InChI=1S/C38H69NO13.C27H22Cl2N4/c1-15-26-38(10,45)31(42)21(4)28(40)19(2)17-37(9,47-14)33(52-35-29(41)25(39(11)12)16-20(3)48-35)22(5)30(23(6)34(44)50-26)51-27-18-36(8,46-13)32(43)24(7)49-27;1-17(2)30-24-16-27-25(15-23(24)31-20-11-7-18(28)8-12-20)32-22-5-3-4-6-26(22)33(27)21-13-9-19(29)10-14-21/h19-27,29-33,35,41-43,45H,15-18H2,1-14H3;3-17,31H,1-2H3/t19-,20-,21+,22+,23-,24+,25+,26-,27+,29-,30+,31-,32+,33-,35+,36-,37-,38-;/m1./s1. The molecule has 0 unspecified atom stereocenters. The van der Waals surface area contributed by atoms with Crippen LogP contribution in [0.5, 0.6) is 0 Å². The summed E-state index contributed by atoms with van der Waals surface area (Å²) in [5, 5.41) is 51.3. The first-order chi connectivity index (χ1) is 40.0. The summed E-state index contributed by atoms with van der Waals surface area (Å²) in [7, 11) is 6.77. The quantitative estimate of drug-likeness (QED) is 0.0579. The number of hydrogen-bond donors (Lipinski definition) is 5. The Morgan fingerprint density at radius 2 is 1.45 bits per heavy atom. The zero-order chi connectivity index (χ0) is 62.6. The third-order valence-electron chi connectivity index (χ3n) is 17.6. The molecule has 18 nitrogen and oxygen atoms in total. The second-order valence-electron chi connectivity index (χ2n) is 24.8. The molecule has 8 rings (SSSR count). The van der Waals surface area contributed by atoms with Gasteiger partial charge in [0.15, 0.2) is 12.6 Å². The molecule has 0 radical (unpaired) electrons. The van der Waals surface area contributed by atoms with E-state index >= 15 is 0 Å². The number of nitrogens with zero attached hydrogens (tertiary/aromatic N) is 4. The lowest BCUT2D eigenvalue weighted by molar-refractivity contribution is -0.319. The number of ether oxygens (including phenoxy) is 7. The van der Waals surface area contributed by atoms with Crippen LogP contribution in [0.4, 0.5) is 11.4 Å². The summed E-state index contributed by atoms with van der Waals surface area (Å²) in [5.74, 6) is -4.47. The first-order valence-electron chi connectivity index (χ1n) is 29.6. The average molecular weight is 1220 g/mol. The molecule has 0 saturated carbocycles. The van der Waals surface area contributed by atoms with Gasteiger partial charge in [0.25, 0.3) is 0 Å². The van der Waals surface area contributed by atoms with Crippen molar-refractivity contribution in [3.05, 3.63) is 100 Å². The Hall–Kier alpha value is -4.64. The molecule has 85 heavy (non-hydrogen) atoms. The Labute approximate surface area is 511 Å². The Balaban J connectivity index is 0.000000267. The van der Waals surface area contributed by atoms with Gasteiger partial charge in [-0.15, -0.1) is 0 Å². The van der Waals surface area contributed by atoms with Gasteiger partial charge in [-0.25, -0.2) is 4.98 Å². The fourth-order valence-corrected chi connectivity index (χ4v) is 12.7. The number of likely N-dealkylation sites (N-methyl/N-ethyl adjacent to an activating group) is 1. The van der Waals surface area contributed by atoms with Gasteiger partial charge in [-0.1, -0.05) is 63.0 Å². The van der Waals surface area contributed by atoms with E-state index < -0.39 is 102 Å². The number of cyclic esters (lactones) is 1. The van der Waals surface area contributed by atoms with Crippen LogP contribution in [-0.4, -0.2) is 165 Å². The van der Waals surface area contributed by atoms with Crippen LogP contribution in [0.2, 0.25) is 10.0 Å². The number of esters is 1. The molecule has 4 heterocycles. The summed E-state index contributed by atoms with van der Waals surface area (Å²) in [4.78, 5) is 39.9. The topological polar surface area (TPSA) is 225 Å². The van der Waals surface area contributed by atoms with Crippen LogP contribution in [0, 0.1) is 23.7 Å². The van der Waals surface area contributed by atoms with Crippen molar-refractivity contribution in [2.75, 3.05) is 33.6 Å². The molecule has 468 valence electrons. The number of carbonyl (C=O) groups excluding carboxylic acids is 2. The zero-order valence-corrected chi connectivity index (χ0v) is 53.7. The number of nitrogens with one attached hydrogen (secondary N) is 1. The van der Waals surface area contributed by atoms with E-state index in [0.717, 1.165) is 44.8 Å². The maximum absolute atomic E-state index is 14.2. The van der Waals surface area contributed by atoms with E-state index in [9.17, 15) is 30.0 Å². The number of halogens is 2. The summed E-state index contributed by atoms with van der Waals surface area (Å²) >= 11 is 12.2. The SMILES string of the molecule is CC(C)N=c1cc2n(-c3ccc(Cl)cc3)c3ccccc3nc-2cc1Nc1ccc(Cl)cc1.CC[C@H]1OC(=O)[C@H](C)[C@@H](O[C@H]2C[C@@](C)(OC)[C@@H](O)[C@H](C)O2)[C@H](C)[C@@H](O[C@@H]2O[C@H](C)C[C@H](N(C)C)[C@H]2O)[C@](C)(OC)C[C@@H](C)C(=O)[C@H](C)[C@@H](O)[C@]1(C)O. The number of Topliss-reactive ketones (excluding diaryl/α,β-unsaturated/α-hetero) is 1. The highest BCUT2D eigenvalue weighted by Gasteiger charge is 2.54. The second kappa shape index (κ2) is 28.2. The predicted molar refractivity (Wildman–Crippen MR) is 329 cm³/mol. The van der Waals surface area contributed by atoms with Crippen molar-refractivity contribution in [3.8, 4) is 17.1 Å². The van der Waals surface area contributed by atoms with Crippen molar-refractivity contribution in [2.24, 2.45) is 28.7 Å². The molecule has 0 spiro atoms. The number of fused-ring (bicyclic) bond motifs is 2. The molecular formula is C65H91Cl2N5O13. The summed E-state index contributed by atoms with van der Waals surface area (Å²) in [6.07, 6.45) is -8.73. The molecule has 3 fully saturated rings. The molecule has 0 bridgehead atoms. The molecule has 5 N–H and O–H groups in total. The van der Waals surface area contributed by atoms with Crippen LogP contribution in [0.1, 0.15) is 109 Å². The highest BCUT2D eigenvalue weighted by atomic mass is 35.5. The normalized spacial score (nSPS) is 34.7. The van der Waals surface area contributed by atoms with E-state index in [1.807, 2.05) is 99.6 Å². The van der Waals surface area contributed by atoms with E-state index in [1.165, 1.54) is 21.1 Å². The number of anilines is 2. The average Bonchev–Trinajstić information content (AvgIpc) is 3.39. The Morgan fingerprint density at radius 1 is 0.824 bits per heavy atom. The van der Waals surface area contributed by atoms with Crippen molar-refractivity contribution in [1.29, 1.82) is 0 Å². The van der Waals surface area contributed by atoms with Gasteiger partial charge in [0.2, 0.25) is 0 Å². The lowest BCUT2D eigenvalue weighted by Crippen LogP contribution is -2.61. The van der Waals surface area contributed by atoms with Crippen molar-refractivity contribution >= 4 is 57.4 Å². The van der Waals surface area contributed by atoms with Gasteiger partial charge < -0.3 is 68.4 Å².